The number of hydrogen-bond acceptors (Lipinski definition) is 6. The molecule has 2 aromatic heterocycles. The Balaban J connectivity index is 1.69. The molecule has 0 fully saturated rings. The molecule has 0 saturated heterocycles. The van der Waals surface area contributed by atoms with Gasteiger partial charge in [-0.15, -0.1) is 11.3 Å². The van der Waals surface area contributed by atoms with Crippen molar-refractivity contribution in [2.75, 3.05) is 11.1 Å². The maximum atomic E-state index is 12.5. The molecule has 3 rings (SSSR count). The van der Waals surface area contributed by atoms with Crippen molar-refractivity contribution in [3.8, 4) is 12.1 Å². The molecule has 0 aliphatic heterocycles. The Bertz CT molecular complexity index is 997. The molecule has 1 N–H and O–H groups in total. The number of pyridine rings is 1. The first-order valence-corrected chi connectivity index (χ1v) is 11.5. The van der Waals surface area contributed by atoms with Gasteiger partial charge in [0.05, 0.1) is 28.0 Å². The monoisotopic (exact) mass is 424 g/mol. The van der Waals surface area contributed by atoms with Crippen LogP contribution in [0, 0.1) is 34.0 Å². The highest BCUT2D eigenvalue weighted by Gasteiger charge is 2.34. The Kier molecular flexibility index (Phi) is 6.62. The molecule has 5 nitrogen and oxygen atoms in total. The second kappa shape index (κ2) is 8.98. The molecule has 2 heterocycles. The minimum atomic E-state index is -0.167. The predicted octanol–water partition coefficient (Wildman–Crippen LogP) is 5.16. The Morgan fingerprint density at radius 1 is 1.41 bits per heavy atom. The number of nitriles is 2. The van der Waals surface area contributed by atoms with Crippen LogP contribution in [0.1, 0.15) is 55.2 Å². The van der Waals surface area contributed by atoms with Crippen LogP contribution >= 0.6 is 23.1 Å². The van der Waals surface area contributed by atoms with E-state index in [1.54, 1.807) is 29.7 Å². The van der Waals surface area contributed by atoms with Crippen LogP contribution in [0.2, 0.25) is 0 Å². The SMILES string of the molecule is CCC(C)(C)C1CCc2c(sc(NC(=O)CSc3cc(C#N)ccn3)c2C#N)C1. The number of amides is 1. The number of carbonyl (C=O) groups excluding carboxylic acids is 1. The van der Waals surface area contributed by atoms with E-state index in [1.807, 2.05) is 0 Å². The van der Waals surface area contributed by atoms with Crippen molar-refractivity contribution in [3.63, 3.8) is 0 Å². The van der Waals surface area contributed by atoms with Crippen molar-refractivity contribution in [1.29, 1.82) is 10.5 Å². The maximum absolute atomic E-state index is 12.5. The molecule has 0 bridgehead atoms. The molecule has 1 aliphatic carbocycles. The molecule has 1 aliphatic rings. The highest BCUT2D eigenvalue weighted by Crippen LogP contribution is 2.45. The summed E-state index contributed by atoms with van der Waals surface area (Å²) in [6.07, 6.45) is 5.66. The van der Waals surface area contributed by atoms with Crippen LogP contribution in [0.15, 0.2) is 23.4 Å². The minimum absolute atomic E-state index is 0.167. The van der Waals surface area contributed by atoms with Crippen LogP contribution < -0.4 is 5.32 Å². The van der Waals surface area contributed by atoms with Gasteiger partial charge in [-0.05, 0) is 48.3 Å². The molecule has 1 amide bonds. The summed E-state index contributed by atoms with van der Waals surface area (Å²) in [5.41, 5.74) is 2.54. The van der Waals surface area contributed by atoms with Crippen LogP contribution in [0.5, 0.6) is 0 Å². The number of thioether (sulfide) groups is 1. The molecule has 150 valence electrons. The fraction of sp³-hybridized carbons (Fsp3) is 0.455. The number of nitrogens with one attached hydrogen (secondary N) is 1. The zero-order valence-corrected chi connectivity index (χ0v) is 18.5. The van der Waals surface area contributed by atoms with Gasteiger partial charge in [-0.1, -0.05) is 39.0 Å². The summed E-state index contributed by atoms with van der Waals surface area (Å²) < 4.78 is 0. The second-order valence-corrected chi connectivity index (χ2v) is 10.0. The van der Waals surface area contributed by atoms with Gasteiger partial charge in [-0.25, -0.2) is 4.98 Å². The Labute approximate surface area is 180 Å². The molecule has 0 saturated carbocycles. The van der Waals surface area contributed by atoms with Gasteiger partial charge in [0.25, 0.3) is 0 Å². The van der Waals surface area contributed by atoms with Gasteiger partial charge in [0.1, 0.15) is 11.1 Å². The number of anilines is 1. The Morgan fingerprint density at radius 3 is 2.90 bits per heavy atom. The van der Waals surface area contributed by atoms with Gasteiger partial charge in [-0.2, -0.15) is 10.5 Å². The third-order valence-electron chi connectivity index (χ3n) is 5.86. The van der Waals surface area contributed by atoms with E-state index in [1.165, 1.54) is 16.6 Å². The highest BCUT2D eigenvalue weighted by molar-refractivity contribution is 7.99. The summed E-state index contributed by atoms with van der Waals surface area (Å²) in [6, 6.07) is 7.67. The summed E-state index contributed by atoms with van der Waals surface area (Å²) in [6.45, 7) is 6.86. The van der Waals surface area contributed by atoms with Crippen LogP contribution in [0.3, 0.4) is 0 Å². The number of rotatable bonds is 6. The van der Waals surface area contributed by atoms with Crippen molar-refractivity contribution >= 4 is 34.0 Å². The van der Waals surface area contributed by atoms with Crippen molar-refractivity contribution in [3.05, 3.63) is 39.9 Å². The second-order valence-electron chi connectivity index (χ2n) is 7.93. The van der Waals surface area contributed by atoms with E-state index in [0.29, 0.717) is 27.1 Å². The highest BCUT2D eigenvalue weighted by atomic mass is 32.2. The standard InChI is InChI=1S/C22H24N4OS2/c1-4-22(2,3)15-5-6-16-17(12-24)21(29-18(16)10-15)26-19(27)13-28-20-9-14(11-23)7-8-25-20/h7-9,15H,4-6,10,13H2,1-3H3,(H,26,27). The molecule has 2 aromatic rings. The zero-order valence-electron chi connectivity index (χ0n) is 16.9. The van der Waals surface area contributed by atoms with Crippen LogP contribution in [0.25, 0.3) is 0 Å². The van der Waals surface area contributed by atoms with Crippen molar-refractivity contribution in [1.82, 2.24) is 4.98 Å². The number of carbonyl (C=O) groups is 1. The largest absolute Gasteiger partial charge is 0.316 e. The van der Waals surface area contributed by atoms with Gasteiger partial charge in [0, 0.05) is 11.1 Å². The topological polar surface area (TPSA) is 89.6 Å². The third kappa shape index (κ3) is 4.80. The molecule has 7 heteroatoms. The van der Waals surface area contributed by atoms with Gasteiger partial charge in [-0.3, -0.25) is 4.79 Å². The first-order chi connectivity index (χ1) is 13.9. The van der Waals surface area contributed by atoms with E-state index in [2.05, 4.69) is 43.2 Å². The Hall–Kier alpha value is -2.35. The third-order valence-corrected chi connectivity index (χ3v) is 7.96. The van der Waals surface area contributed by atoms with Crippen LogP contribution in [0.4, 0.5) is 5.00 Å². The number of hydrogen-bond donors (Lipinski definition) is 1. The van der Waals surface area contributed by atoms with E-state index in [4.69, 9.17) is 5.26 Å². The number of nitrogens with zero attached hydrogens (tertiary/aromatic N) is 3. The summed E-state index contributed by atoms with van der Waals surface area (Å²) in [5.74, 6) is 0.614. The smallest absolute Gasteiger partial charge is 0.235 e. The summed E-state index contributed by atoms with van der Waals surface area (Å²) in [5, 5.41) is 22.9. The first-order valence-electron chi connectivity index (χ1n) is 9.71. The van der Waals surface area contributed by atoms with E-state index < -0.39 is 0 Å². The van der Waals surface area contributed by atoms with Gasteiger partial charge in [0.2, 0.25) is 5.91 Å². The summed E-state index contributed by atoms with van der Waals surface area (Å²) in [7, 11) is 0. The predicted molar refractivity (Wildman–Crippen MR) is 117 cm³/mol. The van der Waals surface area contributed by atoms with E-state index in [0.717, 1.165) is 31.2 Å². The van der Waals surface area contributed by atoms with Crippen molar-refractivity contribution < 1.29 is 4.79 Å². The maximum Gasteiger partial charge on any atom is 0.235 e. The molecular formula is C22H24N4OS2. The van der Waals surface area contributed by atoms with Crippen LogP contribution in [-0.4, -0.2) is 16.6 Å². The van der Waals surface area contributed by atoms with Gasteiger partial charge >= 0.3 is 0 Å². The fourth-order valence-electron chi connectivity index (χ4n) is 3.61. The van der Waals surface area contributed by atoms with Crippen molar-refractivity contribution in [2.45, 2.75) is 51.5 Å². The van der Waals surface area contributed by atoms with Crippen LogP contribution in [-0.2, 0) is 17.6 Å². The average molecular weight is 425 g/mol. The lowest BCUT2D eigenvalue weighted by Crippen LogP contribution is -2.28. The van der Waals surface area contributed by atoms with Crippen molar-refractivity contribution in [2.24, 2.45) is 11.3 Å². The van der Waals surface area contributed by atoms with E-state index in [-0.39, 0.29) is 17.1 Å². The number of aromatic nitrogens is 1. The molecular weight excluding hydrogens is 400 g/mol. The zero-order chi connectivity index (χ0) is 21.0. The molecule has 29 heavy (non-hydrogen) atoms. The van der Waals surface area contributed by atoms with Gasteiger partial charge in [0.15, 0.2) is 0 Å². The molecule has 0 radical (unpaired) electrons. The average Bonchev–Trinajstić information content (AvgIpc) is 3.08. The van der Waals surface area contributed by atoms with E-state index in [9.17, 15) is 10.1 Å². The summed E-state index contributed by atoms with van der Waals surface area (Å²) >= 11 is 2.83. The lowest BCUT2D eigenvalue weighted by atomic mass is 9.69. The fourth-order valence-corrected chi connectivity index (χ4v) is 5.60. The van der Waals surface area contributed by atoms with E-state index >= 15 is 0 Å². The number of fused-ring (bicyclic) bond motifs is 1. The molecule has 1 atom stereocenters. The minimum Gasteiger partial charge on any atom is -0.316 e. The van der Waals surface area contributed by atoms with Gasteiger partial charge < -0.3 is 5.32 Å². The lowest BCUT2D eigenvalue weighted by molar-refractivity contribution is -0.113. The Morgan fingerprint density at radius 2 is 2.21 bits per heavy atom. The normalized spacial score (nSPS) is 15.8. The lowest BCUT2D eigenvalue weighted by Gasteiger charge is -2.36. The first kappa shape index (κ1) is 21.4. The molecule has 1 unspecified atom stereocenters. The molecule has 0 aromatic carbocycles. The number of thiophene rings is 1. The summed E-state index contributed by atoms with van der Waals surface area (Å²) in [4.78, 5) is 17.9. The molecule has 0 spiro atoms. The quantitative estimate of drug-likeness (QED) is 0.647.